The molecule has 0 fully saturated rings. The molecule has 2 nitrogen and oxygen atoms in total. The summed E-state index contributed by atoms with van der Waals surface area (Å²) in [7, 11) is 0. The molecular formula is C12H20O2. The Morgan fingerprint density at radius 3 is 2.50 bits per heavy atom. The molecule has 0 amide bonds. The minimum atomic E-state index is -0.428. The van der Waals surface area contributed by atoms with E-state index >= 15 is 0 Å². The lowest BCUT2D eigenvalue weighted by Gasteiger charge is -2.08. The molecule has 0 saturated carbocycles. The van der Waals surface area contributed by atoms with Crippen molar-refractivity contribution >= 4 is 0 Å². The van der Waals surface area contributed by atoms with Crippen LogP contribution in [0.1, 0.15) is 50.7 Å². The molecule has 1 atom stereocenters. The highest BCUT2D eigenvalue weighted by Crippen LogP contribution is 2.22. The van der Waals surface area contributed by atoms with Crippen LogP contribution >= 0.6 is 0 Å². The van der Waals surface area contributed by atoms with Gasteiger partial charge in [0.05, 0.1) is 0 Å². The second-order valence-corrected chi connectivity index (χ2v) is 4.29. The van der Waals surface area contributed by atoms with Crippen molar-refractivity contribution in [2.45, 2.75) is 46.1 Å². The fourth-order valence-corrected chi connectivity index (χ4v) is 1.49. The summed E-state index contributed by atoms with van der Waals surface area (Å²) >= 11 is 0. The van der Waals surface area contributed by atoms with Crippen molar-refractivity contribution in [3.63, 3.8) is 0 Å². The summed E-state index contributed by atoms with van der Waals surface area (Å²) in [6.07, 6.45) is 2.59. The highest BCUT2D eigenvalue weighted by Gasteiger charge is 2.10. The van der Waals surface area contributed by atoms with Crippen molar-refractivity contribution < 1.29 is 9.52 Å². The molecule has 1 aromatic rings. The Hall–Kier alpha value is -0.760. The van der Waals surface area contributed by atoms with E-state index in [4.69, 9.17) is 4.42 Å². The van der Waals surface area contributed by atoms with Crippen LogP contribution < -0.4 is 0 Å². The molecule has 0 bridgehead atoms. The normalized spacial score (nSPS) is 13.5. The van der Waals surface area contributed by atoms with Crippen molar-refractivity contribution in [3.05, 3.63) is 23.7 Å². The highest BCUT2D eigenvalue weighted by atomic mass is 16.4. The Balaban J connectivity index is 2.32. The third-order valence-electron chi connectivity index (χ3n) is 2.35. The first-order valence-corrected chi connectivity index (χ1v) is 5.34. The Bertz CT molecular complexity index is 263. The van der Waals surface area contributed by atoms with Gasteiger partial charge >= 0.3 is 0 Å². The van der Waals surface area contributed by atoms with Crippen LogP contribution in [0.15, 0.2) is 16.5 Å². The van der Waals surface area contributed by atoms with Crippen molar-refractivity contribution in [1.29, 1.82) is 0 Å². The lowest BCUT2D eigenvalue weighted by Crippen LogP contribution is -1.97. The fraction of sp³-hybridized carbons (Fsp3) is 0.667. The molecule has 0 saturated heterocycles. The SMILES string of the molecule is Cc1ccc(C(O)CCCC(C)C)o1. The molecule has 1 heterocycles. The van der Waals surface area contributed by atoms with E-state index in [0.29, 0.717) is 11.7 Å². The van der Waals surface area contributed by atoms with Gasteiger partial charge in [0.1, 0.15) is 17.6 Å². The predicted octanol–water partition coefficient (Wildman–Crippen LogP) is 3.45. The van der Waals surface area contributed by atoms with Crippen LogP contribution in [0.3, 0.4) is 0 Å². The zero-order valence-corrected chi connectivity index (χ0v) is 9.29. The monoisotopic (exact) mass is 196 g/mol. The topological polar surface area (TPSA) is 33.4 Å². The molecule has 1 N–H and O–H groups in total. The number of furan rings is 1. The average molecular weight is 196 g/mol. The number of aliphatic hydroxyl groups is 1. The summed E-state index contributed by atoms with van der Waals surface area (Å²) in [6.45, 7) is 6.29. The molecule has 0 aliphatic carbocycles. The van der Waals surface area contributed by atoms with Crippen LogP contribution in [-0.4, -0.2) is 5.11 Å². The maximum atomic E-state index is 9.75. The molecule has 80 valence electrons. The minimum Gasteiger partial charge on any atom is -0.464 e. The van der Waals surface area contributed by atoms with Crippen LogP contribution in [0.5, 0.6) is 0 Å². The first-order chi connectivity index (χ1) is 6.59. The Morgan fingerprint density at radius 2 is 2.00 bits per heavy atom. The predicted molar refractivity (Wildman–Crippen MR) is 57.1 cm³/mol. The Labute approximate surface area is 85.9 Å². The number of aryl methyl sites for hydroxylation is 1. The van der Waals surface area contributed by atoms with E-state index in [2.05, 4.69) is 13.8 Å². The summed E-state index contributed by atoms with van der Waals surface area (Å²) in [4.78, 5) is 0. The quantitative estimate of drug-likeness (QED) is 0.782. The van der Waals surface area contributed by atoms with Crippen LogP contribution in [-0.2, 0) is 0 Å². The van der Waals surface area contributed by atoms with Gasteiger partial charge < -0.3 is 9.52 Å². The molecule has 0 spiro atoms. The summed E-state index contributed by atoms with van der Waals surface area (Å²) in [5, 5.41) is 9.75. The van der Waals surface area contributed by atoms with Gasteiger partial charge in [0.2, 0.25) is 0 Å². The summed E-state index contributed by atoms with van der Waals surface area (Å²) in [5.74, 6) is 2.27. The molecule has 1 unspecified atom stereocenters. The molecule has 2 heteroatoms. The van der Waals surface area contributed by atoms with E-state index in [9.17, 15) is 5.11 Å². The summed E-state index contributed by atoms with van der Waals surface area (Å²) in [6, 6.07) is 3.75. The lowest BCUT2D eigenvalue weighted by molar-refractivity contribution is 0.134. The van der Waals surface area contributed by atoms with Gasteiger partial charge in [0.15, 0.2) is 0 Å². The van der Waals surface area contributed by atoms with Crippen molar-refractivity contribution in [1.82, 2.24) is 0 Å². The van der Waals surface area contributed by atoms with Gasteiger partial charge in [-0.1, -0.05) is 26.7 Å². The van der Waals surface area contributed by atoms with Crippen LogP contribution in [0, 0.1) is 12.8 Å². The Kier molecular flexibility index (Phi) is 4.21. The molecule has 1 aromatic heterocycles. The van der Waals surface area contributed by atoms with Gasteiger partial charge in [-0.05, 0) is 31.4 Å². The fourth-order valence-electron chi connectivity index (χ4n) is 1.49. The van der Waals surface area contributed by atoms with Crippen molar-refractivity contribution in [2.24, 2.45) is 5.92 Å². The lowest BCUT2D eigenvalue weighted by atomic mass is 10.0. The van der Waals surface area contributed by atoms with E-state index in [1.54, 1.807) is 0 Å². The zero-order chi connectivity index (χ0) is 10.6. The average Bonchev–Trinajstić information content (AvgIpc) is 2.51. The molecule has 1 rings (SSSR count). The summed E-state index contributed by atoms with van der Waals surface area (Å²) in [5.41, 5.74) is 0. The highest BCUT2D eigenvalue weighted by molar-refractivity contribution is 5.07. The second-order valence-electron chi connectivity index (χ2n) is 4.29. The van der Waals surface area contributed by atoms with Gasteiger partial charge in [-0.25, -0.2) is 0 Å². The Morgan fingerprint density at radius 1 is 1.29 bits per heavy atom. The first-order valence-electron chi connectivity index (χ1n) is 5.34. The smallest absolute Gasteiger partial charge is 0.132 e. The van der Waals surface area contributed by atoms with E-state index in [-0.39, 0.29) is 0 Å². The number of aliphatic hydroxyl groups excluding tert-OH is 1. The van der Waals surface area contributed by atoms with Crippen LogP contribution in [0.2, 0.25) is 0 Å². The zero-order valence-electron chi connectivity index (χ0n) is 9.29. The van der Waals surface area contributed by atoms with Crippen molar-refractivity contribution in [3.8, 4) is 0 Å². The second kappa shape index (κ2) is 5.20. The van der Waals surface area contributed by atoms with Crippen LogP contribution in [0.4, 0.5) is 0 Å². The van der Waals surface area contributed by atoms with E-state index in [0.717, 1.165) is 25.0 Å². The standard InChI is InChI=1S/C12H20O2/c1-9(2)5-4-6-11(13)12-8-7-10(3)14-12/h7-9,11,13H,4-6H2,1-3H3. The molecule has 14 heavy (non-hydrogen) atoms. The maximum absolute atomic E-state index is 9.75. The molecule has 0 aliphatic heterocycles. The third-order valence-corrected chi connectivity index (χ3v) is 2.35. The van der Waals surface area contributed by atoms with Gasteiger partial charge in [-0.2, -0.15) is 0 Å². The number of hydrogen-bond donors (Lipinski definition) is 1. The van der Waals surface area contributed by atoms with Gasteiger partial charge in [0, 0.05) is 0 Å². The molecule has 0 radical (unpaired) electrons. The summed E-state index contributed by atoms with van der Waals surface area (Å²) < 4.78 is 5.35. The maximum Gasteiger partial charge on any atom is 0.132 e. The third kappa shape index (κ3) is 3.54. The molecule has 0 aromatic carbocycles. The number of rotatable bonds is 5. The molecular weight excluding hydrogens is 176 g/mol. The van der Waals surface area contributed by atoms with E-state index in [1.807, 2.05) is 19.1 Å². The van der Waals surface area contributed by atoms with Gasteiger partial charge in [0.25, 0.3) is 0 Å². The molecule has 0 aliphatic rings. The minimum absolute atomic E-state index is 0.428. The largest absolute Gasteiger partial charge is 0.464 e. The van der Waals surface area contributed by atoms with Gasteiger partial charge in [-0.3, -0.25) is 0 Å². The first kappa shape index (κ1) is 11.3. The number of hydrogen-bond acceptors (Lipinski definition) is 2. The van der Waals surface area contributed by atoms with E-state index in [1.165, 1.54) is 0 Å². The van der Waals surface area contributed by atoms with Crippen LogP contribution in [0.25, 0.3) is 0 Å². The van der Waals surface area contributed by atoms with Crippen molar-refractivity contribution in [2.75, 3.05) is 0 Å². The van der Waals surface area contributed by atoms with E-state index < -0.39 is 6.10 Å². The van der Waals surface area contributed by atoms with Gasteiger partial charge in [-0.15, -0.1) is 0 Å².